The van der Waals surface area contributed by atoms with E-state index in [1.165, 1.54) is 4.90 Å². The number of hydrogen-bond acceptors (Lipinski definition) is 4. The van der Waals surface area contributed by atoms with E-state index in [0.29, 0.717) is 13.0 Å². The van der Waals surface area contributed by atoms with Crippen molar-refractivity contribution in [2.24, 2.45) is 0 Å². The first kappa shape index (κ1) is 15.1. The molecule has 0 saturated carbocycles. The van der Waals surface area contributed by atoms with E-state index in [2.05, 4.69) is 11.4 Å². The molecular weight excluding hydrogens is 284 g/mol. The fraction of sp³-hybridized carbons (Fsp3) is 0.562. The van der Waals surface area contributed by atoms with E-state index in [4.69, 9.17) is 14.2 Å². The van der Waals surface area contributed by atoms with Crippen molar-refractivity contribution in [2.45, 2.75) is 19.4 Å². The van der Waals surface area contributed by atoms with E-state index in [9.17, 15) is 4.79 Å². The van der Waals surface area contributed by atoms with Gasteiger partial charge in [-0.05, 0) is 18.2 Å². The van der Waals surface area contributed by atoms with Gasteiger partial charge in [0.1, 0.15) is 19.1 Å². The van der Waals surface area contributed by atoms with Crippen molar-refractivity contribution in [3.05, 3.63) is 23.8 Å². The normalized spacial score (nSPS) is 19.0. The lowest BCUT2D eigenvalue weighted by atomic mass is 10.0. The zero-order valence-electron chi connectivity index (χ0n) is 12.9. The van der Waals surface area contributed by atoms with E-state index >= 15 is 0 Å². The van der Waals surface area contributed by atoms with Gasteiger partial charge < -0.3 is 24.4 Å². The summed E-state index contributed by atoms with van der Waals surface area (Å²) in [5.74, 6) is 1.66. The Labute approximate surface area is 130 Å². The molecule has 2 aliphatic rings. The summed E-state index contributed by atoms with van der Waals surface area (Å²) in [6.45, 7) is 6.19. The van der Waals surface area contributed by atoms with Gasteiger partial charge in [0.15, 0.2) is 11.5 Å². The summed E-state index contributed by atoms with van der Waals surface area (Å²) in [4.78, 5) is 13.1. The molecule has 1 aromatic carbocycles. The Morgan fingerprint density at radius 3 is 2.82 bits per heavy atom. The molecule has 3 rings (SSSR count). The highest BCUT2D eigenvalue weighted by molar-refractivity contribution is 5.75. The van der Waals surface area contributed by atoms with E-state index in [1.54, 1.807) is 0 Å². The topological polar surface area (TPSA) is 61.2 Å². The van der Waals surface area contributed by atoms with Crippen LogP contribution in [0.1, 0.15) is 24.9 Å². The molecule has 0 unspecified atom stereocenters. The number of quaternary nitrogens is 1. The van der Waals surface area contributed by atoms with Crippen molar-refractivity contribution in [2.75, 3.05) is 39.6 Å². The molecule has 6 heteroatoms. The average molecular weight is 307 g/mol. The zero-order valence-corrected chi connectivity index (χ0v) is 12.9. The van der Waals surface area contributed by atoms with Crippen molar-refractivity contribution in [3.63, 3.8) is 0 Å². The summed E-state index contributed by atoms with van der Waals surface area (Å²) >= 11 is 0. The number of carbonyl (C=O) groups is 1. The lowest BCUT2D eigenvalue weighted by molar-refractivity contribution is -0.937. The summed E-state index contributed by atoms with van der Waals surface area (Å²) in [5.41, 5.74) is 1.16. The average Bonchev–Trinajstić information content (AvgIpc) is 3.03. The summed E-state index contributed by atoms with van der Waals surface area (Å²) in [5, 5.41) is 3.02. The minimum absolute atomic E-state index is 0.0819. The number of amides is 1. The van der Waals surface area contributed by atoms with Crippen LogP contribution >= 0.6 is 0 Å². The first-order chi connectivity index (χ1) is 10.8. The van der Waals surface area contributed by atoms with Crippen molar-refractivity contribution in [3.8, 4) is 11.5 Å². The summed E-state index contributed by atoms with van der Waals surface area (Å²) in [7, 11) is 0. The summed E-state index contributed by atoms with van der Waals surface area (Å²) in [6, 6.07) is 6.26. The van der Waals surface area contributed by atoms with Gasteiger partial charge >= 0.3 is 0 Å². The smallest absolute Gasteiger partial charge is 0.231 e. The van der Waals surface area contributed by atoms with Crippen LogP contribution in [0.2, 0.25) is 0 Å². The van der Waals surface area contributed by atoms with Crippen LogP contribution in [0.5, 0.6) is 11.5 Å². The van der Waals surface area contributed by atoms with Gasteiger partial charge in [-0.1, -0.05) is 6.92 Å². The zero-order chi connectivity index (χ0) is 15.4. The van der Waals surface area contributed by atoms with Crippen LogP contribution in [0.25, 0.3) is 0 Å². The molecule has 2 N–H and O–H groups in total. The molecule has 0 bridgehead atoms. The van der Waals surface area contributed by atoms with Crippen LogP contribution in [0.15, 0.2) is 18.2 Å². The lowest BCUT2D eigenvalue weighted by Crippen LogP contribution is -3.15. The number of fused-ring (bicyclic) bond motifs is 1. The molecular formula is C16H23N2O4+. The van der Waals surface area contributed by atoms with Crippen LogP contribution in [0.3, 0.4) is 0 Å². The number of carbonyl (C=O) groups excluding carboxylic acids is 1. The van der Waals surface area contributed by atoms with Crippen molar-refractivity contribution >= 4 is 5.91 Å². The maximum Gasteiger partial charge on any atom is 0.231 e. The fourth-order valence-corrected chi connectivity index (χ4v) is 2.95. The van der Waals surface area contributed by atoms with Gasteiger partial charge in [-0.2, -0.15) is 0 Å². The number of benzene rings is 1. The molecule has 0 radical (unpaired) electrons. The van der Waals surface area contributed by atoms with Crippen LogP contribution in [-0.4, -0.2) is 45.5 Å². The van der Waals surface area contributed by atoms with Gasteiger partial charge in [-0.25, -0.2) is 0 Å². The van der Waals surface area contributed by atoms with Gasteiger partial charge in [-0.3, -0.25) is 4.79 Å². The predicted molar refractivity (Wildman–Crippen MR) is 80.1 cm³/mol. The molecule has 6 nitrogen and oxygen atoms in total. The van der Waals surface area contributed by atoms with E-state index in [1.807, 2.05) is 19.1 Å². The minimum Gasteiger partial charge on any atom is -0.454 e. The van der Waals surface area contributed by atoms with Crippen LogP contribution in [0, 0.1) is 0 Å². The predicted octanol–water partition coefficient (Wildman–Crippen LogP) is -0.102. The van der Waals surface area contributed by atoms with Gasteiger partial charge in [0, 0.05) is 12.0 Å². The highest BCUT2D eigenvalue weighted by Crippen LogP contribution is 2.33. The Morgan fingerprint density at radius 2 is 2.05 bits per heavy atom. The van der Waals surface area contributed by atoms with E-state index in [-0.39, 0.29) is 18.7 Å². The highest BCUT2D eigenvalue weighted by Gasteiger charge is 2.28. The lowest BCUT2D eigenvalue weighted by Gasteiger charge is -2.32. The Balaban J connectivity index is 1.78. The van der Waals surface area contributed by atoms with E-state index < -0.39 is 0 Å². The van der Waals surface area contributed by atoms with Crippen molar-refractivity contribution < 1.29 is 23.9 Å². The van der Waals surface area contributed by atoms with Crippen molar-refractivity contribution in [1.82, 2.24) is 5.32 Å². The molecule has 1 fully saturated rings. The van der Waals surface area contributed by atoms with E-state index in [0.717, 1.165) is 43.4 Å². The first-order valence-electron chi connectivity index (χ1n) is 7.86. The molecule has 120 valence electrons. The number of nitrogens with one attached hydrogen (secondary N) is 2. The fourth-order valence-electron chi connectivity index (χ4n) is 2.95. The number of rotatable bonds is 5. The molecule has 0 spiro atoms. The van der Waals surface area contributed by atoms with Crippen molar-refractivity contribution in [1.29, 1.82) is 0 Å². The standard InChI is InChI=1S/C16H22N2O4/c1-2-16(19)17-10-13(18-5-7-20-8-6-18)12-3-4-14-15(9-12)22-11-21-14/h3-4,9,13H,2,5-8,10-11H2,1H3,(H,17,19)/p+1/t13-/m0/s1. The Morgan fingerprint density at radius 1 is 1.27 bits per heavy atom. The van der Waals surface area contributed by atoms with Gasteiger partial charge in [0.2, 0.25) is 12.7 Å². The van der Waals surface area contributed by atoms with Gasteiger partial charge in [0.05, 0.1) is 19.8 Å². The molecule has 1 aromatic rings. The third kappa shape index (κ3) is 3.34. The molecule has 22 heavy (non-hydrogen) atoms. The Bertz CT molecular complexity index is 529. The molecule has 0 aromatic heterocycles. The highest BCUT2D eigenvalue weighted by atomic mass is 16.7. The molecule has 1 amide bonds. The Hall–Kier alpha value is -1.79. The number of hydrogen-bond donors (Lipinski definition) is 2. The quantitative estimate of drug-likeness (QED) is 0.797. The monoisotopic (exact) mass is 307 g/mol. The summed E-state index contributed by atoms with van der Waals surface area (Å²) in [6.07, 6.45) is 0.506. The SMILES string of the molecule is CCC(=O)NC[C@@H](c1ccc2c(c1)OCO2)[NH+]1CCOCC1. The Kier molecular flexibility index (Phi) is 4.80. The maximum atomic E-state index is 11.6. The first-order valence-corrected chi connectivity index (χ1v) is 7.86. The van der Waals surface area contributed by atoms with Gasteiger partial charge in [-0.15, -0.1) is 0 Å². The second-order valence-electron chi connectivity index (χ2n) is 5.59. The minimum atomic E-state index is 0.0819. The van der Waals surface area contributed by atoms with Gasteiger partial charge in [0.25, 0.3) is 0 Å². The van der Waals surface area contributed by atoms with Crippen LogP contribution in [0.4, 0.5) is 0 Å². The summed E-state index contributed by atoms with van der Waals surface area (Å²) < 4.78 is 16.3. The molecule has 2 aliphatic heterocycles. The molecule has 1 atom stereocenters. The molecule has 1 saturated heterocycles. The molecule has 0 aliphatic carbocycles. The molecule has 2 heterocycles. The third-order valence-electron chi connectivity index (χ3n) is 4.25. The van der Waals surface area contributed by atoms with Crippen LogP contribution < -0.4 is 19.7 Å². The largest absolute Gasteiger partial charge is 0.454 e. The number of ether oxygens (including phenoxy) is 3. The number of morpholine rings is 1. The van der Waals surface area contributed by atoms with Crippen LogP contribution in [-0.2, 0) is 9.53 Å². The third-order valence-corrected chi connectivity index (χ3v) is 4.25. The second kappa shape index (κ2) is 6.98. The maximum absolute atomic E-state index is 11.6. The second-order valence-corrected chi connectivity index (χ2v) is 5.59.